The highest BCUT2D eigenvalue weighted by Crippen LogP contribution is 2.30. The summed E-state index contributed by atoms with van der Waals surface area (Å²) in [7, 11) is 0. The van der Waals surface area contributed by atoms with Crippen LogP contribution >= 0.6 is 11.8 Å². The Hall–Kier alpha value is -1.83. The number of carbonyl (C=O) groups excluding carboxylic acids is 1. The summed E-state index contributed by atoms with van der Waals surface area (Å²) in [6, 6.07) is 5.01. The second kappa shape index (κ2) is 5.66. The van der Waals surface area contributed by atoms with E-state index >= 15 is 0 Å². The first-order valence-electron chi connectivity index (χ1n) is 5.60. The van der Waals surface area contributed by atoms with E-state index in [0.717, 1.165) is 18.3 Å². The van der Waals surface area contributed by atoms with Crippen molar-refractivity contribution >= 4 is 17.7 Å². The first-order chi connectivity index (χ1) is 9.36. The average Bonchev–Trinajstić information content (AvgIpc) is 2.39. The summed E-state index contributed by atoms with van der Waals surface area (Å²) in [5.74, 6) is -0.762. The van der Waals surface area contributed by atoms with Crippen molar-refractivity contribution in [2.24, 2.45) is 0 Å². The minimum absolute atomic E-state index is 0.288. The largest absolute Gasteiger partial charge is 0.502 e. The van der Waals surface area contributed by atoms with Crippen LogP contribution in [0.15, 0.2) is 36.2 Å². The zero-order valence-electron chi connectivity index (χ0n) is 10.1. The lowest BCUT2D eigenvalue weighted by Gasteiger charge is -2.22. The van der Waals surface area contributed by atoms with Crippen LogP contribution in [-0.2, 0) is 16.7 Å². The van der Waals surface area contributed by atoms with Crippen molar-refractivity contribution in [3.05, 3.63) is 47.4 Å². The smallest absolute Gasteiger partial charge is 0.416 e. The Morgan fingerprint density at radius 3 is 2.75 bits per heavy atom. The molecule has 1 atom stereocenters. The molecule has 1 heterocycles. The van der Waals surface area contributed by atoms with Gasteiger partial charge in [-0.25, -0.2) is 0 Å². The molecule has 1 aliphatic rings. The minimum Gasteiger partial charge on any atom is -0.502 e. The maximum absolute atomic E-state index is 12.5. The summed E-state index contributed by atoms with van der Waals surface area (Å²) < 4.78 is 37.6. The second-order valence-electron chi connectivity index (χ2n) is 4.06. The molecule has 0 bridgehead atoms. The molecule has 108 valence electrons. The van der Waals surface area contributed by atoms with Gasteiger partial charge in [0, 0.05) is 12.0 Å². The number of thioether (sulfide) groups is 1. The SMILES string of the molecule is O=C1NC(SCc2cccc(C(F)(F)F)c2)NC=C1O. The van der Waals surface area contributed by atoms with Gasteiger partial charge in [0.1, 0.15) is 5.50 Å². The van der Waals surface area contributed by atoms with Crippen molar-refractivity contribution in [2.75, 3.05) is 0 Å². The number of halogens is 3. The van der Waals surface area contributed by atoms with Crippen molar-refractivity contribution in [1.29, 1.82) is 0 Å². The molecule has 0 aromatic heterocycles. The van der Waals surface area contributed by atoms with E-state index in [1.54, 1.807) is 6.07 Å². The molecule has 1 amide bonds. The Morgan fingerprint density at radius 1 is 1.35 bits per heavy atom. The standard InChI is InChI=1S/C12H11F3N2O2S/c13-12(14,15)8-3-1-2-7(4-8)6-20-11-16-5-9(18)10(19)17-11/h1-5,11,16,18H,6H2,(H,17,19). The maximum atomic E-state index is 12.5. The Bertz CT molecular complexity index is 546. The summed E-state index contributed by atoms with van der Waals surface area (Å²) in [4.78, 5) is 11.2. The van der Waals surface area contributed by atoms with E-state index in [4.69, 9.17) is 5.11 Å². The van der Waals surface area contributed by atoms with Gasteiger partial charge in [-0.05, 0) is 11.6 Å². The summed E-state index contributed by atoms with van der Waals surface area (Å²) in [5.41, 5.74) is -0.693. The molecule has 0 radical (unpaired) electrons. The summed E-state index contributed by atoms with van der Waals surface area (Å²) >= 11 is 1.21. The number of hydrogen-bond donors (Lipinski definition) is 3. The van der Waals surface area contributed by atoms with Crippen LogP contribution in [-0.4, -0.2) is 16.5 Å². The Balaban J connectivity index is 1.97. The van der Waals surface area contributed by atoms with Gasteiger partial charge < -0.3 is 15.7 Å². The summed E-state index contributed by atoms with van der Waals surface area (Å²) in [6.45, 7) is 0. The third kappa shape index (κ3) is 3.60. The van der Waals surface area contributed by atoms with Crippen molar-refractivity contribution in [2.45, 2.75) is 17.4 Å². The molecule has 8 heteroatoms. The van der Waals surface area contributed by atoms with Crippen LogP contribution in [0.4, 0.5) is 13.2 Å². The lowest BCUT2D eigenvalue weighted by molar-refractivity contribution is -0.137. The van der Waals surface area contributed by atoms with Crippen molar-refractivity contribution in [1.82, 2.24) is 10.6 Å². The van der Waals surface area contributed by atoms with Crippen LogP contribution in [0.3, 0.4) is 0 Å². The van der Waals surface area contributed by atoms with Crippen molar-refractivity contribution < 1.29 is 23.1 Å². The van der Waals surface area contributed by atoms with E-state index in [0.29, 0.717) is 5.56 Å². The molecule has 3 N–H and O–H groups in total. The number of aliphatic hydroxyl groups excluding tert-OH is 1. The molecule has 1 aromatic rings. The Kier molecular flexibility index (Phi) is 4.12. The molecule has 1 aromatic carbocycles. The maximum Gasteiger partial charge on any atom is 0.416 e. The summed E-state index contributed by atoms with van der Waals surface area (Å²) in [5, 5.41) is 14.2. The number of rotatable bonds is 3. The average molecular weight is 304 g/mol. The highest BCUT2D eigenvalue weighted by atomic mass is 32.2. The van der Waals surface area contributed by atoms with Gasteiger partial charge in [-0.1, -0.05) is 18.2 Å². The van der Waals surface area contributed by atoms with Crippen LogP contribution in [0.5, 0.6) is 0 Å². The molecule has 20 heavy (non-hydrogen) atoms. The molecule has 1 aliphatic heterocycles. The van der Waals surface area contributed by atoms with Crippen LogP contribution in [0, 0.1) is 0 Å². The van der Waals surface area contributed by atoms with E-state index in [1.807, 2.05) is 0 Å². The van der Waals surface area contributed by atoms with Gasteiger partial charge in [0.25, 0.3) is 5.91 Å². The Morgan fingerprint density at radius 2 is 2.10 bits per heavy atom. The first kappa shape index (κ1) is 14.6. The second-order valence-corrected chi connectivity index (χ2v) is 5.15. The molecule has 0 saturated carbocycles. The number of alkyl halides is 3. The number of carbonyl (C=O) groups is 1. The zero-order chi connectivity index (χ0) is 14.8. The van der Waals surface area contributed by atoms with Gasteiger partial charge in [-0.3, -0.25) is 4.79 Å². The van der Waals surface area contributed by atoms with Gasteiger partial charge >= 0.3 is 6.18 Å². The van der Waals surface area contributed by atoms with E-state index < -0.39 is 28.9 Å². The van der Waals surface area contributed by atoms with Crippen molar-refractivity contribution in [3.63, 3.8) is 0 Å². The van der Waals surface area contributed by atoms with Crippen molar-refractivity contribution in [3.8, 4) is 0 Å². The van der Waals surface area contributed by atoms with Crippen LogP contribution in [0.25, 0.3) is 0 Å². The number of benzene rings is 1. The summed E-state index contributed by atoms with van der Waals surface area (Å²) in [6.07, 6.45) is -3.21. The van der Waals surface area contributed by atoms with E-state index in [2.05, 4.69) is 10.6 Å². The van der Waals surface area contributed by atoms with E-state index in [9.17, 15) is 18.0 Å². The predicted molar refractivity (Wildman–Crippen MR) is 68.5 cm³/mol. The number of amides is 1. The normalized spacial score (nSPS) is 19.1. The highest BCUT2D eigenvalue weighted by molar-refractivity contribution is 7.99. The molecular weight excluding hydrogens is 293 g/mol. The van der Waals surface area contributed by atoms with Gasteiger partial charge in [0.05, 0.1) is 5.56 Å². The minimum atomic E-state index is -4.37. The molecule has 0 aliphatic carbocycles. The third-order valence-electron chi connectivity index (χ3n) is 2.54. The zero-order valence-corrected chi connectivity index (χ0v) is 10.9. The molecule has 2 rings (SSSR count). The molecule has 0 spiro atoms. The predicted octanol–water partition coefficient (Wildman–Crippen LogP) is 2.34. The van der Waals surface area contributed by atoms with Crippen LogP contribution in [0.2, 0.25) is 0 Å². The van der Waals surface area contributed by atoms with Gasteiger partial charge in [0.15, 0.2) is 5.76 Å². The topological polar surface area (TPSA) is 61.4 Å². The fourth-order valence-corrected chi connectivity index (χ4v) is 2.45. The molecule has 1 unspecified atom stereocenters. The molecule has 4 nitrogen and oxygen atoms in total. The lowest BCUT2D eigenvalue weighted by Crippen LogP contribution is -2.45. The molecule has 0 saturated heterocycles. The lowest BCUT2D eigenvalue weighted by atomic mass is 10.1. The molecule has 0 fully saturated rings. The fraction of sp³-hybridized carbons (Fsp3) is 0.250. The van der Waals surface area contributed by atoms with Crippen LogP contribution < -0.4 is 10.6 Å². The van der Waals surface area contributed by atoms with Crippen LogP contribution in [0.1, 0.15) is 11.1 Å². The molecular formula is C12H11F3N2O2S. The fourth-order valence-electron chi connectivity index (χ4n) is 1.56. The first-order valence-corrected chi connectivity index (χ1v) is 6.65. The van der Waals surface area contributed by atoms with E-state index in [-0.39, 0.29) is 5.75 Å². The number of nitrogens with one attached hydrogen (secondary N) is 2. The van der Waals surface area contributed by atoms with Gasteiger partial charge in [-0.15, -0.1) is 11.8 Å². The quantitative estimate of drug-likeness (QED) is 0.802. The third-order valence-corrected chi connectivity index (χ3v) is 3.62. The number of aliphatic hydroxyl groups is 1. The van der Waals surface area contributed by atoms with Gasteiger partial charge in [0.2, 0.25) is 0 Å². The van der Waals surface area contributed by atoms with E-state index in [1.165, 1.54) is 17.8 Å². The number of hydrogen-bond acceptors (Lipinski definition) is 4. The monoisotopic (exact) mass is 304 g/mol. The van der Waals surface area contributed by atoms with Gasteiger partial charge in [-0.2, -0.15) is 13.2 Å². The highest BCUT2D eigenvalue weighted by Gasteiger charge is 2.30. The Labute approximate surface area is 117 Å².